The van der Waals surface area contributed by atoms with E-state index in [-0.39, 0.29) is 12.5 Å². The van der Waals surface area contributed by atoms with E-state index in [0.717, 1.165) is 32.1 Å². The van der Waals surface area contributed by atoms with Gasteiger partial charge in [-0.15, -0.1) is 0 Å². The minimum atomic E-state index is -2.17. The fourth-order valence-corrected chi connectivity index (χ4v) is 3.56. The normalized spacial score (nSPS) is 13.0. The van der Waals surface area contributed by atoms with Gasteiger partial charge in [-0.25, -0.2) is 22.0 Å². The Morgan fingerprint density at radius 1 is 0.733 bits per heavy atom. The summed E-state index contributed by atoms with van der Waals surface area (Å²) < 4.78 is 79.9. The van der Waals surface area contributed by atoms with Gasteiger partial charge in [-0.1, -0.05) is 45.4 Å². The highest BCUT2D eigenvalue weighted by molar-refractivity contribution is 5.47. The van der Waals surface area contributed by atoms with Crippen LogP contribution in [0.5, 0.6) is 0 Å². The lowest BCUT2D eigenvalue weighted by Gasteiger charge is -2.37. The molecule has 1 unspecified atom stereocenters. The summed E-state index contributed by atoms with van der Waals surface area (Å²) in [7, 11) is 0. The summed E-state index contributed by atoms with van der Waals surface area (Å²) >= 11 is 0. The molecule has 0 amide bonds. The van der Waals surface area contributed by atoms with Gasteiger partial charge in [-0.05, 0) is 27.2 Å². The van der Waals surface area contributed by atoms with Crippen LogP contribution >= 0.6 is 0 Å². The molecule has 0 heterocycles. The van der Waals surface area contributed by atoms with Gasteiger partial charge in [0.05, 0.1) is 0 Å². The molecule has 0 spiro atoms. The monoisotopic (exact) mass is 439 g/mol. The molecule has 0 aromatic heterocycles. The lowest BCUT2D eigenvalue weighted by molar-refractivity contribution is -0.250. The number of nitrogens with one attached hydrogen (secondary N) is 1. The second kappa shape index (κ2) is 13.1. The van der Waals surface area contributed by atoms with Gasteiger partial charge in [0.15, 0.2) is 29.1 Å². The highest BCUT2D eigenvalue weighted by Crippen LogP contribution is 2.32. The number of unbranched alkanes of at least 4 members (excludes halogenated alkanes) is 5. The van der Waals surface area contributed by atoms with Crippen molar-refractivity contribution in [1.29, 1.82) is 0 Å². The standard InChI is InChI=1S/C22H34F5NO2/c1-5-8-9-10-11-12-13-15(22(4,29-6-2)30-7-3)14-28-21-19(26)17(24)16(23)18(25)20(21)27/h15,28H,5-14H2,1-4H3. The van der Waals surface area contributed by atoms with Crippen molar-refractivity contribution in [2.75, 3.05) is 25.1 Å². The van der Waals surface area contributed by atoms with Gasteiger partial charge >= 0.3 is 0 Å². The SMILES string of the molecule is CCCCCCCCC(CNc1c(F)c(F)c(F)c(F)c1F)C(C)(OCC)OCC. The molecular weight excluding hydrogens is 405 g/mol. The first kappa shape index (κ1) is 26.6. The highest BCUT2D eigenvalue weighted by Gasteiger charge is 2.36. The average molecular weight is 440 g/mol. The summed E-state index contributed by atoms with van der Waals surface area (Å²) in [5.74, 6) is -11.3. The summed E-state index contributed by atoms with van der Waals surface area (Å²) in [5, 5.41) is 2.42. The van der Waals surface area contributed by atoms with Crippen LogP contribution in [0.2, 0.25) is 0 Å². The molecule has 0 aliphatic heterocycles. The van der Waals surface area contributed by atoms with Crippen molar-refractivity contribution in [3.05, 3.63) is 29.1 Å². The molecule has 1 N–H and O–H groups in total. The molecule has 1 aromatic rings. The van der Waals surface area contributed by atoms with E-state index < -0.39 is 40.6 Å². The van der Waals surface area contributed by atoms with Crippen LogP contribution < -0.4 is 5.32 Å². The molecule has 0 saturated heterocycles. The number of ether oxygens (including phenoxy) is 2. The summed E-state index contributed by atoms with van der Waals surface area (Å²) in [6, 6.07) is 0. The largest absolute Gasteiger partial charge is 0.380 e. The molecule has 174 valence electrons. The number of halogens is 5. The van der Waals surface area contributed by atoms with E-state index in [1.165, 1.54) is 6.42 Å². The average Bonchev–Trinajstić information content (AvgIpc) is 2.71. The Kier molecular flexibility index (Phi) is 11.6. The summed E-state index contributed by atoms with van der Waals surface area (Å²) in [5.41, 5.74) is -1.03. The van der Waals surface area contributed by atoms with Gasteiger partial charge in [0.2, 0.25) is 5.82 Å². The molecule has 30 heavy (non-hydrogen) atoms. The van der Waals surface area contributed by atoms with Crippen LogP contribution in [0.4, 0.5) is 27.6 Å². The third-order valence-corrected chi connectivity index (χ3v) is 5.24. The molecule has 0 bridgehead atoms. The van der Waals surface area contributed by atoms with E-state index in [0.29, 0.717) is 19.6 Å². The maximum atomic E-state index is 14.0. The number of benzene rings is 1. The Balaban J connectivity index is 2.97. The van der Waals surface area contributed by atoms with Crippen molar-refractivity contribution < 1.29 is 31.4 Å². The zero-order valence-corrected chi connectivity index (χ0v) is 18.4. The Labute approximate surface area is 176 Å². The summed E-state index contributed by atoms with van der Waals surface area (Å²) in [6.07, 6.45) is 6.95. The van der Waals surface area contributed by atoms with Crippen molar-refractivity contribution in [1.82, 2.24) is 0 Å². The third kappa shape index (κ3) is 7.08. The minimum Gasteiger partial charge on any atom is -0.380 e. The quantitative estimate of drug-likeness (QED) is 0.105. The molecule has 0 fully saturated rings. The summed E-state index contributed by atoms with van der Waals surface area (Å²) in [4.78, 5) is 0. The number of rotatable bonds is 15. The van der Waals surface area contributed by atoms with Crippen LogP contribution in [0.1, 0.15) is 72.6 Å². The molecular formula is C22H34F5NO2. The molecule has 0 aliphatic carbocycles. The molecule has 1 aromatic carbocycles. The van der Waals surface area contributed by atoms with E-state index in [1.807, 2.05) is 0 Å². The van der Waals surface area contributed by atoms with Crippen LogP contribution in [0, 0.1) is 35.0 Å². The van der Waals surface area contributed by atoms with Crippen molar-refractivity contribution in [3.8, 4) is 0 Å². The van der Waals surface area contributed by atoms with Crippen LogP contribution in [-0.2, 0) is 9.47 Å². The highest BCUT2D eigenvalue weighted by atomic mass is 19.2. The van der Waals surface area contributed by atoms with Gasteiger partial charge in [0.25, 0.3) is 0 Å². The molecule has 8 heteroatoms. The molecule has 0 radical (unpaired) electrons. The van der Waals surface area contributed by atoms with Gasteiger partial charge in [-0.3, -0.25) is 0 Å². The van der Waals surface area contributed by atoms with Gasteiger partial charge in [0.1, 0.15) is 5.69 Å². The van der Waals surface area contributed by atoms with Gasteiger partial charge in [-0.2, -0.15) is 0 Å². The predicted molar refractivity (Wildman–Crippen MR) is 108 cm³/mol. The Morgan fingerprint density at radius 3 is 1.70 bits per heavy atom. The lowest BCUT2D eigenvalue weighted by atomic mass is 9.92. The fraction of sp³-hybridized carbons (Fsp3) is 0.727. The first-order valence-electron chi connectivity index (χ1n) is 10.8. The van der Waals surface area contributed by atoms with Crippen LogP contribution in [0.3, 0.4) is 0 Å². The number of anilines is 1. The molecule has 3 nitrogen and oxygen atoms in total. The maximum Gasteiger partial charge on any atom is 0.200 e. The van der Waals surface area contributed by atoms with Crippen molar-refractivity contribution in [2.45, 2.75) is 78.4 Å². The van der Waals surface area contributed by atoms with Crippen LogP contribution in [-0.4, -0.2) is 25.5 Å². The Morgan fingerprint density at radius 2 is 1.20 bits per heavy atom. The topological polar surface area (TPSA) is 30.5 Å². The maximum absolute atomic E-state index is 14.0. The van der Waals surface area contributed by atoms with Crippen LogP contribution in [0.15, 0.2) is 0 Å². The number of hydrogen-bond donors (Lipinski definition) is 1. The van der Waals surface area contributed by atoms with Gasteiger partial charge in [0, 0.05) is 25.7 Å². The minimum absolute atomic E-state index is 0.0657. The Hall–Kier alpha value is -1.41. The van der Waals surface area contributed by atoms with Gasteiger partial charge < -0.3 is 14.8 Å². The van der Waals surface area contributed by atoms with E-state index in [1.54, 1.807) is 20.8 Å². The second-order valence-electron chi connectivity index (χ2n) is 7.46. The first-order chi connectivity index (χ1) is 14.2. The fourth-order valence-electron chi connectivity index (χ4n) is 3.56. The summed E-state index contributed by atoms with van der Waals surface area (Å²) in [6.45, 7) is 8.12. The van der Waals surface area contributed by atoms with Crippen molar-refractivity contribution in [3.63, 3.8) is 0 Å². The predicted octanol–water partition coefficient (Wildman–Crippen LogP) is 6.95. The van der Waals surface area contributed by atoms with E-state index in [9.17, 15) is 22.0 Å². The van der Waals surface area contributed by atoms with E-state index in [2.05, 4.69) is 12.2 Å². The smallest absolute Gasteiger partial charge is 0.200 e. The second-order valence-corrected chi connectivity index (χ2v) is 7.46. The lowest BCUT2D eigenvalue weighted by Crippen LogP contribution is -2.44. The number of hydrogen-bond acceptors (Lipinski definition) is 3. The van der Waals surface area contributed by atoms with E-state index in [4.69, 9.17) is 9.47 Å². The molecule has 0 saturated carbocycles. The van der Waals surface area contributed by atoms with E-state index >= 15 is 0 Å². The first-order valence-corrected chi connectivity index (χ1v) is 10.8. The zero-order chi connectivity index (χ0) is 22.7. The van der Waals surface area contributed by atoms with Crippen LogP contribution in [0.25, 0.3) is 0 Å². The molecule has 0 aliphatic rings. The third-order valence-electron chi connectivity index (χ3n) is 5.24. The molecule has 1 rings (SSSR count). The Bertz CT molecular complexity index is 622. The molecule has 1 atom stereocenters. The van der Waals surface area contributed by atoms with Crippen molar-refractivity contribution in [2.24, 2.45) is 5.92 Å². The zero-order valence-electron chi connectivity index (χ0n) is 18.4. The van der Waals surface area contributed by atoms with Crippen molar-refractivity contribution >= 4 is 5.69 Å².